The van der Waals surface area contributed by atoms with Crippen LogP contribution in [-0.2, 0) is 6.54 Å². The van der Waals surface area contributed by atoms with E-state index < -0.39 is 0 Å². The topological polar surface area (TPSA) is 44.9 Å². The first kappa shape index (κ1) is 12.3. The van der Waals surface area contributed by atoms with E-state index in [4.69, 9.17) is 11.6 Å². The molecule has 19 heavy (non-hydrogen) atoms. The Hall–Kier alpha value is -1.78. The molecule has 3 aromatic rings. The fourth-order valence-electron chi connectivity index (χ4n) is 1.85. The number of hydrogen-bond donors (Lipinski definition) is 2. The smallest absolute Gasteiger partial charge is 0.268 e. The molecule has 0 aliphatic rings. The molecule has 1 aromatic carbocycles. The Labute approximate surface area is 119 Å². The molecular weight excluding hydrogens is 280 g/mol. The average molecular weight is 291 g/mol. The number of halogens is 1. The van der Waals surface area contributed by atoms with E-state index in [-0.39, 0.29) is 5.91 Å². The van der Waals surface area contributed by atoms with Crippen LogP contribution in [0.25, 0.3) is 10.2 Å². The summed E-state index contributed by atoms with van der Waals surface area (Å²) in [6.07, 6.45) is 0. The Bertz CT molecular complexity index is 686. The number of benzene rings is 1. The van der Waals surface area contributed by atoms with E-state index in [9.17, 15) is 4.79 Å². The second kappa shape index (κ2) is 5.07. The number of carbonyl (C=O) groups excluding carboxylic acids is 1. The van der Waals surface area contributed by atoms with Crippen molar-refractivity contribution >= 4 is 39.1 Å². The Balaban J connectivity index is 1.68. The van der Waals surface area contributed by atoms with E-state index in [0.717, 1.165) is 15.8 Å². The van der Waals surface area contributed by atoms with Crippen molar-refractivity contribution in [2.45, 2.75) is 6.54 Å². The summed E-state index contributed by atoms with van der Waals surface area (Å²) in [6, 6.07) is 11.3. The summed E-state index contributed by atoms with van der Waals surface area (Å²) in [5, 5.41) is 5.57. The maximum Gasteiger partial charge on any atom is 0.268 e. The summed E-state index contributed by atoms with van der Waals surface area (Å²) in [7, 11) is 0. The lowest BCUT2D eigenvalue weighted by molar-refractivity contribution is 0.0947. The number of H-pyrrole nitrogens is 1. The molecule has 0 atom stereocenters. The standard InChI is InChI=1S/C14H11ClN2OS/c15-10-3-1-9(2-4-10)8-16-14(18)12-7-13-11(17-12)5-6-19-13/h1-7,17H,8H2,(H,16,18). The number of amides is 1. The number of aromatic nitrogens is 1. The van der Waals surface area contributed by atoms with Gasteiger partial charge in [-0.15, -0.1) is 11.3 Å². The molecule has 0 spiro atoms. The van der Waals surface area contributed by atoms with Gasteiger partial charge in [0.15, 0.2) is 0 Å². The van der Waals surface area contributed by atoms with E-state index in [1.807, 2.05) is 41.8 Å². The van der Waals surface area contributed by atoms with Gasteiger partial charge in [-0.1, -0.05) is 23.7 Å². The van der Waals surface area contributed by atoms with Gasteiger partial charge in [-0.3, -0.25) is 4.79 Å². The number of nitrogens with one attached hydrogen (secondary N) is 2. The number of aromatic amines is 1. The molecule has 96 valence electrons. The molecule has 0 fully saturated rings. The van der Waals surface area contributed by atoms with Crippen molar-refractivity contribution in [3.63, 3.8) is 0 Å². The highest BCUT2D eigenvalue weighted by atomic mass is 35.5. The second-order valence-electron chi connectivity index (χ2n) is 4.19. The minimum Gasteiger partial charge on any atom is -0.350 e. The van der Waals surface area contributed by atoms with Crippen LogP contribution in [0.5, 0.6) is 0 Å². The quantitative estimate of drug-likeness (QED) is 0.757. The van der Waals surface area contributed by atoms with Crippen LogP contribution in [-0.4, -0.2) is 10.9 Å². The molecule has 3 rings (SSSR count). The zero-order valence-corrected chi connectivity index (χ0v) is 11.5. The van der Waals surface area contributed by atoms with Crippen molar-refractivity contribution < 1.29 is 4.79 Å². The van der Waals surface area contributed by atoms with E-state index >= 15 is 0 Å². The zero-order chi connectivity index (χ0) is 13.2. The summed E-state index contributed by atoms with van der Waals surface area (Å²) >= 11 is 7.43. The van der Waals surface area contributed by atoms with Crippen molar-refractivity contribution in [2.75, 3.05) is 0 Å². The molecule has 0 aliphatic carbocycles. The van der Waals surface area contributed by atoms with Crippen LogP contribution in [0.15, 0.2) is 41.8 Å². The number of thiophene rings is 1. The first-order valence-electron chi connectivity index (χ1n) is 5.81. The third-order valence-electron chi connectivity index (χ3n) is 2.85. The van der Waals surface area contributed by atoms with Crippen LogP contribution in [0.1, 0.15) is 16.1 Å². The van der Waals surface area contributed by atoms with Crippen LogP contribution >= 0.6 is 22.9 Å². The molecule has 2 aromatic heterocycles. The van der Waals surface area contributed by atoms with Gasteiger partial charge in [0.05, 0.1) is 10.2 Å². The molecular formula is C14H11ClN2OS. The molecule has 0 saturated carbocycles. The Kier molecular flexibility index (Phi) is 3.27. The van der Waals surface area contributed by atoms with Gasteiger partial charge in [-0.05, 0) is 35.2 Å². The molecule has 0 saturated heterocycles. The molecule has 0 bridgehead atoms. The van der Waals surface area contributed by atoms with Gasteiger partial charge < -0.3 is 10.3 Å². The number of rotatable bonds is 3. The second-order valence-corrected chi connectivity index (χ2v) is 5.57. The van der Waals surface area contributed by atoms with Crippen molar-refractivity contribution in [3.8, 4) is 0 Å². The summed E-state index contributed by atoms with van der Waals surface area (Å²) in [5.41, 5.74) is 2.61. The fourth-order valence-corrected chi connectivity index (χ4v) is 2.76. The predicted octanol–water partition coefficient (Wildman–Crippen LogP) is 3.81. The van der Waals surface area contributed by atoms with E-state index in [1.165, 1.54) is 0 Å². The van der Waals surface area contributed by atoms with Crippen LogP contribution in [0, 0.1) is 0 Å². The molecule has 0 aliphatic heterocycles. The first-order valence-corrected chi connectivity index (χ1v) is 7.07. The maximum atomic E-state index is 12.0. The van der Waals surface area contributed by atoms with Crippen LogP contribution in [0.4, 0.5) is 0 Å². The highest BCUT2D eigenvalue weighted by molar-refractivity contribution is 7.17. The van der Waals surface area contributed by atoms with Gasteiger partial charge in [0.25, 0.3) is 5.91 Å². The lowest BCUT2D eigenvalue weighted by Gasteiger charge is -2.04. The summed E-state index contributed by atoms with van der Waals surface area (Å²) in [4.78, 5) is 15.1. The number of carbonyl (C=O) groups is 1. The molecule has 1 amide bonds. The zero-order valence-electron chi connectivity index (χ0n) is 9.94. The maximum absolute atomic E-state index is 12.0. The van der Waals surface area contributed by atoms with Crippen LogP contribution in [0.2, 0.25) is 5.02 Å². The Morgan fingerprint density at radius 3 is 2.79 bits per heavy atom. The van der Waals surface area contributed by atoms with E-state index in [0.29, 0.717) is 17.3 Å². The molecule has 5 heteroatoms. The third kappa shape index (κ3) is 2.64. The summed E-state index contributed by atoms with van der Waals surface area (Å²) in [6.45, 7) is 0.489. The Morgan fingerprint density at radius 1 is 1.26 bits per heavy atom. The number of hydrogen-bond acceptors (Lipinski definition) is 2. The average Bonchev–Trinajstić information content (AvgIpc) is 2.98. The minimum absolute atomic E-state index is 0.0987. The van der Waals surface area contributed by atoms with Gasteiger partial charge in [-0.25, -0.2) is 0 Å². The molecule has 2 N–H and O–H groups in total. The van der Waals surface area contributed by atoms with Crippen molar-refractivity contribution in [2.24, 2.45) is 0 Å². The van der Waals surface area contributed by atoms with Gasteiger partial charge in [0, 0.05) is 11.6 Å². The lowest BCUT2D eigenvalue weighted by Crippen LogP contribution is -2.22. The van der Waals surface area contributed by atoms with Crippen LogP contribution in [0.3, 0.4) is 0 Å². The molecule has 0 unspecified atom stereocenters. The SMILES string of the molecule is O=C(NCc1ccc(Cl)cc1)c1cc2sccc2[nH]1. The largest absolute Gasteiger partial charge is 0.350 e. The van der Waals surface area contributed by atoms with Gasteiger partial charge >= 0.3 is 0 Å². The van der Waals surface area contributed by atoms with E-state index in [2.05, 4.69) is 10.3 Å². The van der Waals surface area contributed by atoms with Gasteiger partial charge in [-0.2, -0.15) is 0 Å². The molecule has 3 nitrogen and oxygen atoms in total. The predicted molar refractivity (Wildman–Crippen MR) is 78.8 cm³/mol. The normalized spacial score (nSPS) is 10.8. The summed E-state index contributed by atoms with van der Waals surface area (Å²) < 4.78 is 1.09. The highest BCUT2D eigenvalue weighted by Crippen LogP contribution is 2.21. The van der Waals surface area contributed by atoms with Crippen molar-refractivity contribution in [1.29, 1.82) is 0 Å². The van der Waals surface area contributed by atoms with Crippen LogP contribution < -0.4 is 5.32 Å². The summed E-state index contributed by atoms with van der Waals surface area (Å²) in [5.74, 6) is -0.0987. The Morgan fingerprint density at radius 2 is 2.05 bits per heavy atom. The van der Waals surface area contributed by atoms with Gasteiger partial charge in [0.2, 0.25) is 0 Å². The third-order valence-corrected chi connectivity index (χ3v) is 3.97. The minimum atomic E-state index is -0.0987. The molecule has 0 radical (unpaired) electrons. The monoisotopic (exact) mass is 290 g/mol. The highest BCUT2D eigenvalue weighted by Gasteiger charge is 2.09. The molecule has 2 heterocycles. The lowest BCUT2D eigenvalue weighted by atomic mass is 10.2. The van der Waals surface area contributed by atoms with Gasteiger partial charge in [0.1, 0.15) is 5.69 Å². The van der Waals surface area contributed by atoms with E-state index in [1.54, 1.807) is 11.3 Å². The first-order chi connectivity index (χ1) is 9.22. The number of fused-ring (bicyclic) bond motifs is 1. The van der Waals surface area contributed by atoms with Crippen molar-refractivity contribution in [1.82, 2.24) is 10.3 Å². The van der Waals surface area contributed by atoms with Crippen molar-refractivity contribution in [3.05, 3.63) is 58.1 Å². The fraction of sp³-hybridized carbons (Fsp3) is 0.0714.